The summed E-state index contributed by atoms with van der Waals surface area (Å²) in [6.07, 6.45) is 0.854. The molecule has 4 aromatic rings. The molecule has 0 radical (unpaired) electrons. The van der Waals surface area contributed by atoms with Gasteiger partial charge in [-0.1, -0.05) is 6.07 Å². The van der Waals surface area contributed by atoms with Gasteiger partial charge in [0.15, 0.2) is 0 Å². The van der Waals surface area contributed by atoms with Gasteiger partial charge in [-0.3, -0.25) is 0 Å². The molecule has 0 saturated carbocycles. The molecular weight excluding hydrogens is 426 g/mol. The van der Waals surface area contributed by atoms with Crippen molar-refractivity contribution in [1.29, 1.82) is 0 Å². The van der Waals surface area contributed by atoms with E-state index in [4.69, 9.17) is 18.6 Å². The van der Waals surface area contributed by atoms with Crippen molar-refractivity contribution in [1.82, 2.24) is 4.57 Å². The van der Waals surface area contributed by atoms with Gasteiger partial charge in [0.05, 0.1) is 18.4 Å². The van der Waals surface area contributed by atoms with Crippen molar-refractivity contribution in [3.63, 3.8) is 0 Å². The van der Waals surface area contributed by atoms with Crippen LogP contribution >= 0.6 is 0 Å². The Morgan fingerprint density at radius 2 is 1.85 bits per heavy atom. The van der Waals surface area contributed by atoms with E-state index >= 15 is 0 Å². The first-order valence-electron chi connectivity index (χ1n) is 10.5. The SMILES string of the molecule is CCOc1ccc2c(COc3cccc4c3cc(C(=O)O)n4C(=O)OC(C)(C)C)coc2c1. The molecular formula is C25H25NO7. The molecule has 1 N–H and O–H groups in total. The molecule has 0 atom stereocenters. The average Bonchev–Trinajstić information content (AvgIpc) is 3.33. The fourth-order valence-corrected chi connectivity index (χ4v) is 3.58. The number of fused-ring (bicyclic) bond motifs is 2. The van der Waals surface area contributed by atoms with Crippen molar-refractivity contribution >= 4 is 33.9 Å². The topological polar surface area (TPSA) is 100 Å². The van der Waals surface area contributed by atoms with E-state index in [1.807, 2.05) is 25.1 Å². The van der Waals surface area contributed by atoms with Crippen molar-refractivity contribution < 1.29 is 33.3 Å². The number of rotatable bonds is 6. The number of hydrogen-bond donors (Lipinski definition) is 1. The zero-order valence-corrected chi connectivity index (χ0v) is 18.9. The van der Waals surface area contributed by atoms with Gasteiger partial charge in [-0.25, -0.2) is 14.2 Å². The Bertz CT molecular complexity index is 1340. The summed E-state index contributed by atoms with van der Waals surface area (Å²) in [6, 6.07) is 12.1. The lowest BCUT2D eigenvalue weighted by molar-refractivity contribution is 0.0513. The lowest BCUT2D eigenvalue weighted by Gasteiger charge is -2.20. The molecule has 33 heavy (non-hydrogen) atoms. The molecule has 8 nitrogen and oxygen atoms in total. The molecule has 0 aliphatic carbocycles. The summed E-state index contributed by atoms with van der Waals surface area (Å²) in [5.74, 6) is -0.0761. The Morgan fingerprint density at radius 3 is 2.55 bits per heavy atom. The number of aromatic nitrogens is 1. The van der Waals surface area contributed by atoms with Crippen LogP contribution < -0.4 is 9.47 Å². The van der Waals surface area contributed by atoms with Crippen molar-refractivity contribution in [3.05, 3.63) is 60.0 Å². The van der Waals surface area contributed by atoms with E-state index in [0.717, 1.165) is 21.3 Å². The number of carboxylic acids is 1. The number of carbonyl (C=O) groups excluding carboxylic acids is 1. The monoisotopic (exact) mass is 451 g/mol. The molecule has 2 aromatic carbocycles. The van der Waals surface area contributed by atoms with E-state index in [-0.39, 0.29) is 12.3 Å². The van der Waals surface area contributed by atoms with Gasteiger partial charge in [0.2, 0.25) is 0 Å². The Labute approximate surface area is 190 Å². The predicted octanol–water partition coefficient (Wildman–Crippen LogP) is 5.85. The van der Waals surface area contributed by atoms with Crippen LogP contribution in [0.4, 0.5) is 4.79 Å². The molecule has 8 heteroatoms. The highest BCUT2D eigenvalue weighted by Gasteiger charge is 2.26. The Morgan fingerprint density at radius 1 is 1.06 bits per heavy atom. The van der Waals surface area contributed by atoms with E-state index in [2.05, 4.69) is 0 Å². The van der Waals surface area contributed by atoms with E-state index in [9.17, 15) is 14.7 Å². The van der Waals surface area contributed by atoms with E-state index in [0.29, 0.717) is 28.8 Å². The van der Waals surface area contributed by atoms with E-state index in [1.54, 1.807) is 45.2 Å². The van der Waals surface area contributed by atoms with Gasteiger partial charge in [-0.05, 0) is 58.0 Å². The Hall–Kier alpha value is -3.94. The first-order valence-corrected chi connectivity index (χ1v) is 10.5. The highest BCUT2D eigenvalue weighted by molar-refractivity contribution is 6.02. The summed E-state index contributed by atoms with van der Waals surface area (Å²) < 4.78 is 23.6. The summed E-state index contributed by atoms with van der Waals surface area (Å²) in [4.78, 5) is 24.6. The maximum atomic E-state index is 12.8. The van der Waals surface area contributed by atoms with Crippen LogP contribution in [0.5, 0.6) is 11.5 Å². The molecule has 0 amide bonds. The number of ether oxygens (including phenoxy) is 3. The van der Waals surface area contributed by atoms with Crippen LogP contribution in [0.2, 0.25) is 0 Å². The van der Waals surface area contributed by atoms with Gasteiger partial charge in [0.1, 0.15) is 35.0 Å². The summed E-state index contributed by atoms with van der Waals surface area (Å²) in [5.41, 5.74) is 0.921. The molecule has 172 valence electrons. The molecule has 0 unspecified atom stereocenters. The number of benzene rings is 2. The van der Waals surface area contributed by atoms with E-state index in [1.165, 1.54) is 6.07 Å². The lowest BCUT2D eigenvalue weighted by Crippen LogP contribution is -2.28. The van der Waals surface area contributed by atoms with Crippen LogP contribution in [0.15, 0.2) is 53.1 Å². The zero-order valence-electron chi connectivity index (χ0n) is 18.9. The molecule has 0 spiro atoms. The highest BCUT2D eigenvalue weighted by atomic mass is 16.6. The van der Waals surface area contributed by atoms with Crippen LogP contribution in [0.1, 0.15) is 43.7 Å². The molecule has 2 aromatic heterocycles. The summed E-state index contributed by atoms with van der Waals surface area (Å²) in [7, 11) is 0. The predicted molar refractivity (Wildman–Crippen MR) is 122 cm³/mol. The van der Waals surface area contributed by atoms with Crippen molar-refractivity contribution in [2.45, 2.75) is 39.9 Å². The van der Waals surface area contributed by atoms with Gasteiger partial charge in [0, 0.05) is 22.4 Å². The van der Waals surface area contributed by atoms with Crippen LogP contribution in [0, 0.1) is 0 Å². The fraction of sp³-hybridized carbons (Fsp3) is 0.280. The van der Waals surface area contributed by atoms with Gasteiger partial charge >= 0.3 is 12.1 Å². The molecule has 0 aliphatic heterocycles. The van der Waals surface area contributed by atoms with Crippen molar-refractivity contribution in [2.75, 3.05) is 6.61 Å². The average molecular weight is 451 g/mol. The van der Waals surface area contributed by atoms with Crippen molar-refractivity contribution in [2.24, 2.45) is 0 Å². The second-order valence-corrected chi connectivity index (χ2v) is 8.48. The second-order valence-electron chi connectivity index (χ2n) is 8.48. The second kappa shape index (κ2) is 8.54. The lowest BCUT2D eigenvalue weighted by atomic mass is 10.2. The van der Waals surface area contributed by atoms with Crippen molar-refractivity contribution in [3.8, 4) is 11.5 Å². The minimum absolute atomic E-state index is 0.195. The van der Waals surface area contributed by atoms with Gasteiger partial charge < -0.3 is 23.7 Å². The standard InChI is InChI=1S/C25H25NO7/c1-5-30-16-9-10-17-15(14-32-22(17)11-16)13-31-21-8-6-7-19-18(21)12-20(23(27)28)26(19)24(29)33-25(2,3)4/h6-12,14H,5,13H2,1-4H3,(H,27,28). The number of nitrogens with zero attached hydrogens (tertiary/aromatic N) is 1. The van der Waals surface area contributed by atoms with Crippen LogP contribution in [-0.2, 0) is 11.3 Å². The molecule has 2 heterocycles. The first kappa shape index (κ1) is 22.3. The maximum Gasteiger partial charge on any atom is 0.419 e. The summed E-state index contributed by atoms with van der Waals surface area (Å²) in [6.45, 7) is 7.83. The number of hydrogen-bond acceptors (Lipinski definition) is 6. The number of furan rings is 1. The Kier molecular flexibility index (Phi) is 5.76. The van der Waals surface area contributed by atoms with Crippen LogP contribution in [0.25, 0.3) is 21.9 Å². The number of carboxylic acid groups (broad SMARTS) is 1. The normalized spacial score (nSPS) is 11.6. The van der Waals surface area contributed by atoms with Crippen LogP contribution in [-0.4, -0.2) is 33.9 Å². The quantitative estimate of drug-likeness (QED) is 0.393. The third-order valence-electron chi connectivity index (χ3n) is 4.92. The van der Waals surface area contributed by atoms with Gasteiger partial charge in [-0.2, -0.15) is 0 Å². The van der Waals surface area contributed by atoms with E-state index < -0.39 is 17.7 Å². The molecule has 0 fully saturated rings. The third kappa shape index (κ3) is 4.50. The largest absolute Gasteiger partial charge is 0.494 e. The maximum absolute atomic E-state index is 12.8. The third-order valence-corrected chi connectivity index (χ3v) is 4.92. The summed E-state index contributed by atoms with van der Waals surface area (Å²) in [5, 5.41) is 11.1. The zero-order chi connectivity index (χ0) is 23.8. The number of carbonyl (C=O) groups is 2. The van der Waals surface area contributed by atoms with Crippen LogP contribution in [0.3, 0.4) is 0 Å². The minimum atomic E-state index is -1.24. The fourth-order valence-electron chi connectivity index (χ4n) is 3.58. The molecule has 0 saturated heterocycles. The first-order chi connectivity index (χ1) is 15.7. The molecule has 0 bridgehead atoms. The molecule has 0 aliphatic rings. The van der Waals surface area contributed by atoms with Gasteiger partial charge in [-0.15, -0.1) is 0 Å². The summed E-state index contributed by atoms with van der Waals surface area (Å²) >= 11 is 0. The highest BCUT2D eigenvalue weighted by Crippen LogP contribution is 2.32. The minimum Gasteiger partial charge on any atom is -0.494 e. The number of aromatic carboxylic acids is 1. The Balaban J connectivity index is 1.67. The smallest absolute Gasteiger partial charge is 0.419 e. The molecule has 4 rings (SSSR count). The van der Waals surface area contributed by atoms with Gasteiger partial charge in [0.25, 0.3) is 0 Å².